The van der Waals surface area contributed by atoms with E-state index in [1.807, 2.05) is 15.9 Å². The van der Waals surface area contributed by atoms with Crippen molar-refractivity contribution in [2.75, 3.05) is 49.6 Å². The third kappa shape index (κ3) is 5.18. The molecule has 0 bridgehead atoms. The summed E-state index contributed by atoms with van der Waals surface area (Å²) in [6.07, 6.45) is 0. The summed E-state index contributed by atoms with van der Waals surface area (Å²) >= 11 is 6.70. The standard InChI is InChI=1S/C22H26FN3O4S2/c1-4-29-20(27)17-14(3)18(21(28)30-5-2)32-19(17)24-22(31)26-12-10-25(11-13-26)16-9-7-6-8-15(16)23/h6-9H,4-5,10-13H2,1-3H3,(H,24,31). The summed E-state index contributed by atoms with van der Waals surface area (Å²) in [5, 5.41) is 4.00. The minimum Gasteiger partial charge on any atom is -0.462 e. The van der Waals surface area contributed by atoms with E-state index >= 15 is 0 Å². The zero-order chi connectivity index (χ0) is 23.3. The highest BCUT2D eigenvalue weighted by atomic mass is 32.1. The third-order valence-electron chi connectivity index (χ3n) is 5.07. The van der Waals surface area contributed by atoms with Crippen LogP contribution in [0.4, 0.5) is 15.1 Å². The molecule has 1 aromatic heterocycles. The maximum Gasteiger partial charge on any atom is 0.348 e. The Morgan fingerprint density at radius 3 is 2.34 bits per heavy atom. The summed E-state index contributed by atoms with van der Waals surface area (Å²) < 4.78 is 24.4. The van der Waals surface area contributed by atoms with Crippen molar-refractivity contribution in [3.05, 3.63) is 46.1 Å². The Morgan fingerprint density at radius 1 is 1.09 bits per heavy atom. The number of carbonyl (C=O) groups excluding carboxylic acids is 2. The van der Waals surface area contributed by atoms with Crippen LogP contribution in [0.2, 0.25) is 0 Å². The summed E-state index contributed by atoms with van der Waals surface area (Å²) in [5.41, 5.74) is 1.36. The molecule has 10 heteroatoms. The lowest BCUT2D eigenvalue weighted by Gasteiger charge is -2.37. The number of hydrogen-bond acceptors (Lipinski definition) is 7. The Morgan fingerprint density at radius 2 is 1.72 bits per heavy atom. The van der Waals surface area contributed by atoms with Crippen LogP contribution in [0.1, 0.15) is 39.4 Å². The predicted octanol–water partition coefficient (Wildman–Crippen LogP) is 4.07. The number of para-hydroxylation sites is 1. The fourth-order valence-electron chi connectivity index (χ4n) is 3.48. The molecule has 32 heavy (non-hydrogen) atoms. The van der Waals surface area contributed by atoms with Gasteiger partial charge in [0.25, 0.3) is 0 Å². The van der Waals surface area contributed by atoms with E-state index in [1.165, 1.54) is 6.07 Å². The van der Waals surface area contributed by atoms with E-state index in [0.717, 1.165) is 11.3 Å². The first-order valence-corrected chi connectivity index (χ1v) is 11.6. The Bertz CT molecular complexity index is 1000. The van der Waals surface area contributed by atoms with E-state index in [0.29, 0.717) is 52.4 Å². The van der Waals surface area contributed by atoms with Gasteiger partial charge < -0.3 is 24.6 Å². The van der Waals surface area contributed by atoms with Gasteiger partial charge in [0.2, 0.25) is 0 Å². The number of nitrogens with one attached hydrogen (secondary N) is 1. The second-order valence-corrected chi connectivity index (χ2v) is 8.46. The zero-order valence-corrected chi connectivity index (χ0v) is 19.9. The van der Waals surface area contributed by atoms with Crippen LogP contribution < -0.4 is 10.2 Å². The molecule has 0 radical (unpaired) electrons. The first kappa shape index (κ1) is 23.9. The highest BCUT2D eigenvalue weighted by molar-refractivity contribution is 7.80. The van der Waals surface area contributed by atoms with Crippen LogP contribution in [0.25, 0.3) is 0 Å². The molecule has 0 unspecified atom stereocenters. The van der Waals surface area contributed by atoms with E-state index in [9.17, 15) is 14.0 Å². The first-order valence-electron chi connectivity index (χ1n) is 10.4. The highest BCUT2D eigenvalue weighted by Gasteiger charge is 2.28. The summed E-state index contributed by atoms with van der Waals surface area (Å²) in [6.45, 7) is 7.96. The molecular formula is C22H26FN3O4S2. The smallest absolute Gasteiger partial charge is 0.348 e. The van der Waals surface area contributed by atoms with E-state index < -0.39 is 11.9 Å². The van der Waals surface area contributed by atoms with Crippen LogP contribution in [0, 0.1) is 12.7 Å². The van der Waals surface area contributed by atoms with Crippen molar-refractivity contribution in [3.8, 4) is 0 Å². The summed E-state index contributed by atoms with van der Waals surface area (Å²) in [6, 6.07) is 6.70. The molecule has 0 atom stereocenters. The van der Waals surface area contributed by atoms with E-state index in [4.69, 9.17) is 21.7 Å². The minimum atomic E-state index is -0.522. The number of halogens is 1. The SMILES string of the molecule is CCOC(=O)c1sc(NC(=S)N2CCN(c3ccccc3F)CC2)c(C(=O)OCC)c1C. The number of benzene rings is 1. The number of thiophene rings is 1. The number of esters is 2. The number of hydrogen-bond donors (Lipinski definition) is 1. The van der Waals surface area contributed by atoms with Crippen LogP contribution in [-0.2, 0) is 9.47 Å². The second kappa shape index (κ2) is 10.7. The van der Waals surface area contributed by atoms with Gasteiger partial charge >= 0.3 is 11.9 Å². The van der Waals surface area contributed by atoms with Gasteiger partial charge in [0, 0.05) is 26.2 Å². The highest BCUT2D eigenvalue weighted by Crippen LogP contribution is 2.34. The molecule has 1 N–H and O–H groups in total. The molecule has 1 aliphatic heterocycles. The quantitative estimate of drug-likeness (QED) is 0.491. The van der Waals surface area contributed by atoms with Gasteiger partial charge in [-0.3, -0.25) is 0 Å². The molecule has 0 spiro atoms. The van der Waals surface area contributed by atoms with E-state index in [2.05, 4.69) is 5.32 Å². The van der Waals surface area contributed by atoms with Crippen molar-refractivity contribution >= 4 is 51.3 Å². The molecule has 0 amide bonds. The number of rotatable bonds is 6. The fraction of sp³-hybridized carbons (Fsp3) is 0.409. The number of carbonyl (C=O) groups is 2. The number of piperazine rings is 1. The van der Waals surface area contributed by atoms with Gasteiger partial charge in [-0.05, 0) is 50.7 Å². The molecule has 1 saturated heterocycles. The lowest BCUT2D eigenvalue weighted by Crippen LogP contribution is -2.50. The fourth-order valence-corrected chi connectivity index (χ4v) is 4.91. The monoisotopic (exact) mass is 479 g/mol. The predicted molar refractivity (Wildman–Crippen MR) is 127 cm³/mol. The van der Waals surface area contributed by atoms with Gasteiger partial charge in [-0.1, -0.05) is 12.1 Å². The van der Waals surface area contributed by atoms with Gasteiger partial charge in [0.05, 0.1) is 24.5 Å². The van der Waals surface area contributed by atoms with E-state index in [-0.39, 0.29) is 24.6 Å². The molecular weight excluding hydrogens is 453 g/mol. The van der Waals surface area contributed by atoms with Crippen molar-refractivity contribution < 1.29 is 23.5 Å². The van der Waals surface area contributed by atoms with Gasteiger partial charge in [-0.25, -0.2) is 14.0 Å². The average Bonchev–Trinajstić information content (AvgIpc) is 3.10. The Labute approximate surface area is 196 Å². The van der Waals surface area contributed by atoms with Crippen molar-refractivity contribution in [2.45, 2.75) is 20.8 Å². The van der Waals surface area contributed by atoms with Crippen molar-refractivity contribution in [1.29, 1.82) is 0 Å². The van der Waals surface area contributed by atoms with Crippen LogP contribution in [0.3, 0.4) is 0 Å². The topological polar surface area (TPSA) is 71.1 Å². The molecule has 0 saturated carbocycles. The van der Waals surface area contributed by atoms with Crippen LogP contribution in [0.15, 0.2) is 24.3 Å². The molecule has 1 aliphatic rings. The molecule has 2 heterocycles. The van der Waals surface area contributed by atoms with Gasteiger partial charge in [-0.15, -0.1) is 11.3 Å². The number of ether oxygens (including phenoxy) is 2. The summed E-state index contributed by atoms with van der Waals surface area (Å²) in [4.78, 5) is 29.2. The maximum atomic E-state index is 14.1. The molecule has 1 fully saturated rings. The molecule has 7 nitrogen and oxygen atoms in total. The number of anilines is 2. The molecule has 2 aromatic rings. The number of nitrogens with zero attached hydrogens (tertiary/aromatic N) is 2. The van der Waals surface area contributed by atoms with Crippen molar-refractivity contribution in [1.82, 2.24) is 4.90 Å². The lowest BCUT2D eigenvalue weighted by atomic mass is 10.1. The first-order chi connectivity index (χ1) is 15.4. The van der Waals surface area contributed by atoms with Crippen LogP contribution >= 0.6 is 23.6 Å². The zero-order valence-electron chi connectivity index (χ0n) is 18.3. The van der Waals surface area contributed by atoms with E-state index in [1.54, 1.807) is 32.9 Å². The Hall–Kier alpha value is -2.72. The van der Waals surface area contributed by atoms with Crippen LogP contribution in [0.5, 0.6) is 0 Å². The van der Waals surface area contributed by atoms with Gasteiger partial charge in [-0.2, -0.15) is 0 Å². The summed E-state index contributed by atoms with van der Waals surface area (Å²) in [5.74, 6) is -1.26. The summed E-state index contributed by atoms with van der Waals surface area (Å²) in [7, 11) is 0. The Balaban J connectivity index is 1.74. The largest absolute Gasteiger partial charge is 0.462 e. The van der Waals surface area contributed by atoms with Gasteiger partial charge in [0.15, 0.2) is 5.11 Å². The number of thiocarbonyl (C=S) groups is 1. The molecule has 172 valence electrons. The second-order valence-electron chi connectivity index (χ2n) is 7.06. The third-order valence-corrected chi connectivity index (χ3v) is 6.62. The van der Waals surface area contributed by atoms with Crippen molar-refractivity contribution in [2.24, 2.45) is 0 Å². The minimum absolute atomic E-state index is 0.213. The molecule has 0 aliphatic carbocycles. The Kier molecular flexibility index (Phi) is 8.03. The molecule has 1 aromatic carbocycles. The lowest BCUT2D eigenvalue weighted by molar-refractivity contribution is 0.0527. The average molecular weight is 480 g/mol. The maximum absolute atomic E-state index is 14.1. The normalized spacial score (nSPS) is 13.6. The van der Waals surface area contributed by atoms with Crippen LogP contribution in [-0.4, -0.2) is 61.3 Å². The molecule has 3 rings (SSSR count). The van der Waals surface area contributed by atoms with Crippen molar-refractivity contribution in [3.63, 3.8) is 0 Å². The van der Waals surface area contributed by atoms with Gasteiger partial charge in [0.1, 0.15) is 15.7 Å².